The summed E-state index contributed by atoms with van der Waals surface area (Å²) in [5.74, 6) is 0.211. The van der Waals surface area contributed by atoms with Gasteiger partial charge in [0, 0.05) is 39.3 Å². The molecule has 0 aromatic carbocycles. The van der Waals surface area contributed by atoms with Gasteiger partial charge < -0.3 is 19.7 Å². The van der Waals surface area contributed by atoms with Crippen LogP contribution in [0.2, 0.25) is 0 Å². The summed E-state index contributed by atoms with van der Waals surface area (Å²) in [6.45, 7) is 6.76. The summed E-state index contributed by atoms with van der Waals surface area (Å²) in [5.41, 5.74) is 0. The van der Waals surface area contributed by atoms with Gasteiger partial charge in [0.15, 0.2) is 0 Å². The molecule has 2 heterocycles. The minimum atomic E-state index is 0.211. The lowest BCUT2D eigenvalue weighted by Crippen LogP contribution is -2.48. The molecule has 2 saturated heterocycles. The molecule has 116 valence electrons. The highest BCUT2D eigenvalue weighted by atomic mass is 16.5. The Labute approximate surface area is 121 Å². The van der Waals surface area contributed by atoms with E-state index in [9.17, 15) is 4.79 Å². The molecular weight excluding hydrogens is 258 g/mol. The van der Waals surface area contributed by atoms with E-state index in [4.69, 9.17) is 9.47 Å². The number of carbonyl (C=O) groups is 1. The van der Waals surface area contributed by atoms with E-state index in [0.29, 0.717) is 32.4 Å². The van der Waals surface area contributed by atoms with Gasteiger partial charge >= 0.3 is 0 Å². The van der Waals surface area contributed by atoms with Crippen LogP contribution in [0.4, 0.5) is 0 Å². The summed E-state index contributed by atoms with van der Waals surface area (Å²) >= 11 is 0. The van der Waals surface area contributed by atoms with Crippen LogP contribution in [0.1, 0.15) is 12.8 Å². The second kappa shape index (κ2) is 8.56. The molecule has 1 N–H and O–H groups in total. The molecule has 6 nitrogen and oxygen atoms in total. The summed E-state index contributed by atoms with van der Waals surface area (Å²) in [6.07, 6.45) is 2.44. The molecule has 1 amide bonds. The van der Waals surface area contributed by atoms with Crippen LogP contribution in [0, 0.1) is 0 Å². The Bertz CT molecular complexity index is 289. The van der Waals surface area contributed by atoms with Crippen molar-refractivity contribution in [2.75, 3.05) is 66.2 Å². The molecule has 6 heteroatoms. The van der Waals surface area contributed by atoms with Gasteiger partial charge in [-0.1, -0.05) is 0 Å². The average Bonchev–Trinajstić information content (AvgIpc) is 2.98. The summed E-state index contributed by atoms with van der Waals surface area (Å²) in [5, 5.41) is 3.49. The number of amides is 1. The van der Waals surface area contributed by atoms with Gasteiger partial charge in [0.1, 0.15) is 0 Å². The first-order valence-electron chi connectivity index (χ1n) is 7.60. The van der Waals surface area contributed by atoms with Gasteiger partial charge in [-0.05, 0) is 19.4 Å². The van der Waals surface area contributed by atoms with Crippen molar-refractivity contribution in [3.8, 4) is 0 Å². The fraction of sp³-hybridized carbons (Fsp3) is 0.929. The number of nitrogens with one attached hydrogen (secondary N) is 1. The van der Waals surface area contributed by atoms with E-state index in [1.807, 2.05) is 4.90 Å². The number of ether oxygens (including phenoxy) is 2. The van der Waals surface area contributed by atoms with Crippen LogP contribution < -0.4 is 5.32 Å². The fourth-order valence-corrected chi connectivity index (χ4v) is 2.78. The topological polar surface area (TPSA) is 54.0 Å². The van der Waals surface area contributed by atoms with Gasteiger partial charge in [0.05, 0.1) is 26.4 Å². The van der Waals surface area contributed by atoms with Crippen LogP contribution in [-0.4, -0.2) is 87.9 Å². The summed E-state index contributed by atoms with van der Waals surface area (Å²) in [4.78, 5) is 16.4. The lowest BCUT2D eigenvalue weighted by Gasteiger charge is -2.31. The first-order valence-corrected chi connectivity index (χ1v) is 7.60. The second-order valence-electron chi connectivity index (χ2n) is 5.51. The Morgan fingerprint density at radius 1 is 1.45 bits per heavy atom. The standard InChI is InChI=1S/C14H27N3O3/c1-19-8-5-16(11-13-3-2-4-15-13)12-14(18)17-6-9-20-10-7-17/h13,15H,2-12H2,1H3. The SMILES string of the molecule is COCCN(CC(=O)N1CCOCC1)CC1CCCN1. The third kappa shape index (κ3) is 5.01. The van der Waals surface area contributed by atoms with Crippen molar-refractivity contribution in [2.24, 2.45) is 0 Å². The lowest BCUT2D eigenvalue weighted by atomic mass is 10.2. The normalized spacial score (nSPS) is 23.5. The van der Waals surface area contributed by atoms with Crippen molar-refractivity contribution in [3.63, 3.8) is 0 Å². The van der Waals surface area contributed by atoms with Gasteiger partial charge in [-0.15, -0.1) is 0 Å². The molecule has 1 atom stereocenters. The predicted molar refractivity (Wildman–Crippen MR) is 76.7 cm³/mol. The minimum absolute atomic E-state index is 0.211. The van der Waals surface area contributed by atoms with Crippen LogP contribution >= 0.6 is 0 Å². The van der Waals surface area contributed by atoms with Gasteiger partial charge in [0.2, 0.25) is 5.91 Å². The molecule has 0 saturated carbocycles. The number of nitrogens with zero attached hydrogens (tertiary/aromatic N) is 2. The van der Waals surface area contributed by atoms with E-state index >= 15 is 0 Å². The number of rotatable bonds is 7. The highest BCUT2D eigenvalue weighted by Crippen LogP contribution is 2.08. The fourth-order valence-electron chi connectivity index (χ4n) is 2.78. The molecule has 0 radical (unpaired) electrons. The molecular formula is C14H27N3O3. The van der Waals surface area contributed by atoms with E-state index in [1.54, 1.807) is 7.11 Å². The number of morpholine rings is 1. The van der Waals surface area contributed by atoms with Crippen molar-refractivity contribution in [3.05, 3.63) is 0 Å². The predicted octanol–water partition coefficient (Wildman–Crippen LogP) is -0.454. The van der Waals surface area contributed by atoms with E-state index in [2.05, 4.69) is 10.2 Å². The van der Waals surface area contributed by atoms with Gasteiger partial charge in [-0.2, -0.15) is 0 Å². The zero-order valence-corrected chi connectivity index (χ0v) is 12.5. The van der Waals surface area contributed by atoms with E-state index in [1.165, 1.54) is 12.8 Å². The highest BCUT2D eigenvalue weighted by molar-refractivity contribution is 5.78. The van der Waals surface area contributed by atoms with Crippen LogP contribution in [-0.2, 0) is 14.3 Å². The Kier molecular flexibility index (Phi) is 6.72. The van der Waals surface area contributed by atoms with Gasteiger partial charge in [0.25, 0.3) is 0 Å². The Morgan fingerprint density at radius 3 is 2.90 bits per heavy atom. The molecule has 0 aromatic rings. The van der Waals surface area contributed by atoms with Crippen molar-refractivity contribution in [1.82, 2.24) is 15.1 Å². The van der Waals surface area contributed by atoms with E-state index in [-0.39, 0.29) is 5.91 Å². The quantitative estimate of drug-likeness (QED) is 0.686. The molecule has 2 aliphatic rings. The number of hydrogen-bond donors (Lipinski definition) is 1. The zero-order valence-electron chi connectivity index (χ0n) is 12.5. The first kappa shape index (κ1) is 15.7. The third-order valence-corrected chi connectivity index (χ3v) is 3.98. The molecule has 1 unspecified atom stereocenters. The molecule has 2 rings (SSSR count). The van der Waals surface area contributed by atoms with Gasteiger partial charge in [-0.25, -0.2) is 0 Å². The van der Waals surface area contributed by atoms with E-state index < -0.39 is 0 Å². The summed E-state index contributed by atoms with van der Waals surface area (Å²) in [7, 11) is 1.70. The molecule has 0 bridgehead atoms. The largest absolute Gasteiger partial charge is 0.383 e. The Hall–Kier alpha value is -0.690. The maximum atomic E-state index is 12.3. The second-order valence-corrected chi connectivity index (χ2v) is 5.51. The molecule has 0 aromatic heterocycles. The van der Waals surface area contributed by atoms with E-state index in [0.717, 1.165) is 32.7 Å². The highest BCUT2D eigenvalue weighted by Gasteiger charge is 2.22. The van der Waals surface area contributed by atoms with Gasteiger partial charge in [-0.3, -0.25) is 9.69 Å². The molecule has 0 aliphatic carbocycles. The van der Waals surface area contributed by atoms with Crippen LogP contribution in [0.3, 0.4) is 0 Å². The number of carbonyl (C=O) groups excluding carboxylic acids is 1. The lowest BCUT2D eigenvalue weighted by molar-refractivity contribution is -0.136. The molecule has 0 spiro atoms. The smallest absolute Gasteiger partial charge is 0.236 e. The third-order valence-electron chi connectivity index (χ3n) is 3.98. The maximum Gasteiger partial charge on any atom is 0.236 e. The monoisotopic (exact) mass is 285 g/mol. The van der Waals surface area contributed by atoms with Crippen molar-refractivity contribution >= 4 is 5.91 Å². The van der Waals surface area contributed by atoms with Crippen LogP contribution in [0.5, 0.6) is 0 Å². The van der Waals surface area contributed by atoms with Crippen molar-refractivity contribution in [2.45, 2.75) is 18.9 Å². The zero-order chi connectivity index (χ0) is 14.2. The number of methoxy groups -OCH3 is 1. The van der Waals surface area contributed by atoms with Crippen LogP contribution in [0.25, 0.3) is 0 Å². The Morgan fingerprint density at radius 2 is 2.25 bits per heavy atom. The molecule has 20 heavy (non-hydrogen) atoms. The number of hydrogen-bond acceptors (Lipinski definition) is 5. The average molecular weight is 285 g/mol. The molecule has 2 fully saturated rings. The van der Waals surface area contributed by atoms with Crippen molar-refractivity contribution < 1.29 is 14.3 Å². The molecule has 2 aliphatic heterocycles. The summed E-state index contributed by atoms with van der Waals surface area (Å²) < 4.78 is 10.4. The van der Waals surface area contributed by atoms with Crippen molar-refractivity contribution in [1.29, 1.82) is 0 Å². The summed E-state index contributed by atoms with van der Waals surface area (Å²) in [6, 6.07) is 0.518. The Balaban J connectivity index is 1.79. The van der Waals surface area contributed by atoms with Crippen LogP contribution in [0.15, 0.2) is 0 Å². The maximum absolute atomic E-state index is 12.3. The minimum Gasteiger partial charge on any atom is -0.383 e. The first-order chi connectivity index (χ1) is 9.79.